The van der Waals surface area contributed by atoms with Gasteiger partial charge in [0, 0.05) is 18.2 Å². The Kier molecular flexibility index (Phi) is 7.29. The first-order chi connectivity index (χ1) is 19.2. The van der Waals surface area contributed by atoms with Gasteiger partial charge in [-0.3, -0.25) is 4.90 Å². The molecular weight excluding hydrogens is 476 g/mol. The number of fused-ring (bicyclic) bond motifs is 3. The van der Waals surface area contributed by atoms with Crippen LogP contribution in [0.25, 0.3) is 0 Å². The summed E-state index contributed by atoms with van der Waals surface area (Å²) in [5.74, 6) is 1.45. The maximum absolute atomic E-state index is 5.76. The molecule has 0 spiro atoms. The molecule has 3 heterocycles. The van der Waals surface area contributed by atoms with Crippen LogP contribution >= 0.6 is 0 Å². The molecule has 4 aromatic rings. The molecule has 3 nitrogen and oxygen atoms in total. The summed E-state index contributed by atoms with van der Waals surface area (Å²) in [6, 6.07) is 42.4. The molecule has 3 heteroatoms. The Hall–Kier alpha value is -3.40. The van der Waals surface area contributed by atoms with Gasteiger partial charge in [-0.15, -0.1) is 0 Å². The van der Waals surface area contributed by atoms with Gasteiger partial charge in [0.05, 0.1) is 18.2 Å². The molecule has 0 radical (unpaired) electrons. The summed E-state index contributed by atoms with van der Waals surface area (Å²) in [6.45, 7) is 4.38. The second-order valence-electron chi connectivity index (χ2n) is 11.4. The van der Waals surface area contributed by atoms with Gasteiger partial charge in [-0.2, -0.15) is 0 Å². The molecule has 3 saturated heterocycles. The van der Waals surface area contributed by atoms with Crippen molar-refractivity contribution in [2.75, 3.05) is 13.7 Å². The zero-order valence-electron chi connectivity index (χ0n) is 23.2. The normalized spacial score (nSPS) is 27.8. The quantitative estimate of drug-likeness (QED) is 0.252. The largest absolute Gasteiger partial charge is 0.496 e. The molecule has 0 amide bonds. The van der Waals surface area contributed by atoms with E-state index in [-0.39, 0.29) is 11.1 Å². The third-order valence-electron chi connectivity index (χ3n) is 9.59. The lowest BCUT2D eigenvalue weighted by Crippen LogP contribution is -2.76. The van der Waals surface area contributed by atoms with Crippen molar-refractivity contribution in [3.05, 3.63) is 138 Å². The van der Waals surface area contributed by atoms with Crippen LogP contribution in [0.15, 0.2) is 115 Å². The number of methoxy groups -OCH3 is 1. The number of ether oxygens (including phenoxy) is 1. The molecule has 200 valence electrons. The highest BCUT2D eigenvalue weighted by molar-refractivity contribution is 5.42. The Morgan fingerprint density at radius 2 is 1.41 bits per heavy atom. The highest BCUT2D eigenvalue weighted by Crippen LogP contribution is 2.59. The Morgan fingerprint density at radius 3 is 2.10 bits per heavy atom. The molecule has 0 aromatic heterocycles. The lowest BCUT2D eigenvalue weighted by molar-refractivity contribution is -0.154. The van der Waals surface area contributed by atoms with Gasteiger partial charge in [0.25, 0.3) is 0 Å². The topological polar surface area (TPSA) is 24.5 Å². The minimum Gasteiger partial charge on any atom is -0.496 e. The summed E-state index contributed by atoms with van der Waals surface area (Å²) in [7, 11) is 1.77. The first-order valence-electron chi connectivity index (χ1n) is 14.5. The number of nitrogens with zero attached hydrogens (tertiary/aromatic N) is 1. The van der Waals surface area contributed by atoms with Crippen molar-refractivity contribution < 1.29 is 4.74 Å². The summed E-state index contributed by atoms with van der Waals surface area (Å²) < 4.78 is 5.76. The highest BCUT2D eigenvalue weighted by atomic mass is 16.5. The molecule has 5 atom stereocenters. The second-order valence-corrected chi connectivity index (χ2v) is 11.4. The molecule has 0 saturated carbocycles. The Balaban J connectivity index is 1.45. The number of benzene rings is 4. The lowest BCUT2D eigenvalue weighted by Gasteiger charge is -2.68. The van der Waals surface area contributed by atoms with Crippen molar-refractivity contribution in [1.82, 2.24) is 10.2 Å². The fraction of sp³-hybridized carbons (Fsp3) is 0.333. The van der Waals surface area contributed by atoms with Gasteiger partial charge < -0.3 is 10.1 Å². The number of aryl methyl sites for hydroxylation is 1. The molecule has 1 unspecified atom stereocenters. The number of hydrogen-bond donors (Lipinski definition) is 1. The van der Waals surface area contributed by atoms with Gasteiger partial charge in [0.15, 0.2) is 0 Å². The van der Waals surface area contributed by atoms with Gasteiger partial charge in [-0.05, 0) is 67.8 Å². The lowest BCUT2D eigenvalue weighted by atomic mass is 9.54. The standard InChI is InChI=1S/C36H40N2O/c1-35(30-17-8-4-9-18-30)36(31-19-10-5-11-20-31,37-27-29-16-12-13-21-34(29)39-2)32-24-25-38(35)33(26-32)23-22-28-14-6-3-7-15-28/h3-21,32-33,37H,22-27H2,1-2H3/t32-,33+,35+,36-/m0/s1. The molecule has 3 fully saturated rings. The molecule has 4 aromatic carbocycles. The van der Waals surface area contributed by atoms with E-state index >= 15 is 0 Å². The molecule has 3 aliphatic heterocycles. The SMILES string of the molecule is COc1ccccc1CN[C@@]1(c2ccccc2)[C@H]2CCN([C@H](CCc3ccccc3)C2)[C@]1(C)c1ccccc1. The monoisotopic (exact) mass is 516 g/mol. The van der Waals surface area contributed by atoms with Crippen LogP contribution in [0.1, 0.15) is 48.4 Å². The van der Waals surface area contributed by atoms with Gasteiger partial charge in [0.1, 0.15) is 5.75 Å². The van der Waals surface area contributed by atoms with E-state index in [0.717, 1.165) is 25.3 Å². The van der Waals surface area contributed by atoms with Gasteiger partial charge >= 0.3 is 0 Å². The van der Waals surface area contributed by atoms with Crippen molar-refractivity contribution in [1.29, 1.82) is 0 Å². The molecule has 39 heavy (non-hydrogen) atoms. The van der Waals surface area contributed by atoms with Crippen LogP contribution in [0.5, 0.6) is 5.75 Å². The number of para-hydroxylation sites is 1. The molecule has 2 bridgehead atoms. The van der Waals surface area contributed by atoms with E-state index in [2.05, 4.69) is 132 Å². The molecular formula is C36H40N2O. The van der Waals surface area contributed by atoms with Crippen LogP contribution in [-0.2, 0) is 24.0 Å². The fourth-order valence-corrected chi connectivity index (χ4v) is 7.78. The summed E-state index contributed by atoms with van der Waals surface area (Å²) >= 11 is 0. The predicted molar refractivity (Wildman–Crippen MR) is 160 cm³/mol. The predicted octanol–water partition coefficient (Wildman–Crippen LogP) is 7.32. The van der Waals surface area contributed by atoms with E-state index in [1.165, 1.54) is 41.5 Å². The van der Waals surface area contributed by atoms with Crippen LogP contribution in [-0.4, -0.2) is 24.6 Å². The van der Waals surface area contributed by atoms with Crippen LogP contribution in [0, 0.1) is 5.92 Å². The number of hydrogen-bond acceptors (Lipinski definition) is 3. The van der Waals surface area contributed by atoms with Crippen molar-refractivity contribution in [3.8, 4) is 5.75 Å². The minimum absolute atomic E-state index is 0.222. The average molecular weight is 517 g/mol. The maximum Gasteiger partial charge on any atom is 0.123 e. The molecule has 1 N–H and O–H groups in total. The smallest absolute Gasteiger partial charge is 0.123 e. The van der Waals surface area contributed by atoms with Gasteiger partial charge in [-0.1, -0.05) is 109 Å². The summed E-state index contributed by atoms with van der Waals surface area (Å²) in [5.41, 5.74) is 4.92. The summed E-state index contributed by atoms with van der Waals surface area (Å²) in [5, 5.41) is 4.24. The third kappa shape index (κ3) is 4.48. The van der Waals surface area contributed by atoms with Crippen LogP contribution in [0.3, 0.4) is 0 Å². The number of rotatable bonds is 9. The number of piperidine rings is 3. The van der Waals surface area contributed by atoms with E-state index in [1.807, 2.05) is 0 Å². The van der Waals surface area contributed by atoms with Crippen molar-refractivity contribution in [3.63, 3.8) is 0 Å². The highest BCUT2D eigenvalue weighted by Gasteiger charge is 2.64. The van der Waals surface area contributed by atoms with Gasteiger partial charge in [0.2, 0.25) is 0 Å². The van der Waals surface area contributed by atoms with Crippen molar-refractivity contribution in [2.24, 2.45) is 5.92 Å². The Morgan fingerprint density at radius 1 is 0.795 bits per heavy atom. The first kappa shape index (κ1) is 25.9. The zero-order valence-corrected chi connectivity index (χ0v) is 23.2. The molecule has 7 rings (SSSR count). The van der Waals surface area contributed by atoms with E-state index in [1.54, 1.807) is 7.11 Å². The third-order valence-corrected chi connectivity index (χ3v) is 9.59. The summed E-state index contributed by atoms with van der Waals surface area (Å²) in [6.07, 6.45) is 4.69. The number of nitrogens with one attached hydrogen (secondary N) is 1. The average Bonchev–Trinajstić information content (AvgIpc) is 3.01. The van der Waals surface area contributed by atoms with Gasteiger partial charge in [-0.25, -0.2) is 0 Å². The van der Waals surface area contributed by atoms with Crippen LogP contribution in [0.2, 0.25) is 0 Å². The van der Waals surface area contributed by atoms with Crippen molar-refractivity contribution >= 4 is 0 Å². The van der Waals surface area contributed by atoms with E-state index in [0.29, 0.717) is 12.0 Å². The zero-order chi connectivity index (χ0) is 26.7. The summed E-state index contributed by atoms with van der Waals surface area (Å²) in [4.78, 5) is 2.85. The Bertz CT molecular complexity index is 1360. The molecule has 0 aliphatic carbocycles. The molecule has 3 aliphatic rings. The van der Waals surface area contributed by atoms with Crippen molar-refractivity contribution in [2.45, 2.75) is 56.3 Å². The fourth-order valence-electron chi connectivity index (χ4n) is 7.78. The van der Waals surface area contributed by atoms with E-state index in [9.17, 15) is 0 Å². The Labute approximate surface area is 233 Å². The van der Waals surface area contributed by atoms with Crippen LogP contribution in [0.4, 0.5) is 0 Å². The second kappa shape index (κ2) is 11.0. The van der Waals surface area contributed by atoms with Crippen LogP contribution < -0.4 is 10.1 Å². The van der Waals surface area contributed by atoms with E-state index in [4.69, 9.17) is 4.74 Å². The minimum atomic E-state index is -0.252. The van der Waals surface area contributed by atoms with E-state index < -0.39 is 0 Å². The first-order valence-corrected chi connectivity index (χ1v) is 14.5. The maximum atomic E-state index is 5.76.